The topological polar surface area (TPSA) is 48.5 Å². The van der Waals surface area contributed by atoms with Crippen LogP contribution in [-0.2, 0) is 0 Å². The van der Waals surface area contributed by atoms with Crippen molar-refractivity contribution in [2.24, 2.45) is 0 Å². The molecule has 0 atom stereocenters. The number of rotatable bonds is 5. The predicted molar refractivity (Wildman–Crippen MR) is 199 cm³/mol. The Bertz CT molecular complexity index is 2440. The van der Waals surface area contributed by atoms with Crippen LogP contribution in [0.3, 0.4) is 0 Å². The molecule has 4 heterocycles. The zero-order valence-electron chi connectivity index (χ0n) is 26.8. The van der Waals surface area contributed by atoms with Crippen LogP contribution in [0.2, 0.25) is 0 Å². The summed E-state index contributed by atoms with van der Waals surface area (Å²) in [5, 5.41) is 2.18. The van der Waals surface area contributed by atoms with E-state index >= 15 is 0 Å². The van der Waals surface area contributed by atoms with Gasteiger partial charge in [-0.1, -0.05) is 123 Å². The van der Waals surface area contributed by atoms with Gasteiger partial charge >= 0.3 is 0 Å². The van der Waals surface area contributed by atoms with Crippen molar-refractivity contribution in [1.29, 1.82) is 0 Å². The second-order valence-electron chi connectivity index (χ2n) is 11.3. The van der Waals surface area contributed by atoms with E-state index in [0.29, 0.717) is 5.95 Å². The second kappa shape index (κ2) is 12.5. The predicted octanol–water partition coefficient (Wildman–Crippen LogP) is 10.9. The quantitative estimate of drug-likeness (QED) is 0.193. The molecule has 0 fully saturated rings. The van der Waals surface area contributed by atoms with Crippen molar-refractivity contribution >= 4 is 32.8 Å². The van der Waals surface area contributed by atoms with Crippen LogP contribution in [0.1, 0.15) is 13.8 Å². The molecule has 0 bridgehead atoms. The molecule has 0 spiro atoms. The molecule has 5 aromatic carbocycles. The molecule has 9 aromatic rings. The van der Waals surface area contributed by atoms with Gasteiger partial charge < -0.3 is 4.57 Å². The minimum atomic E-state index is 0.604. The van der Waals surface area contributed by atoms with Gasteiger partial charge in [-0.15, -0.1) is 0 Å². The number of pyridine rings is 1. The SMILES string of the molecule is CC.c1ccc(-c2cc(-c3ccccc3)nc(-n3c4cccnc4c4ccc5c(c(-c6ccccc6)cn5-c5ccccc5)c43)n2)cc1. The van der Waals surface area contributed by atoms with Gasteiger partial charge in [0.2, 0.25) is 5.95 Å². The summed E-state index contributed by atoms with van der Waals surface area (Å²) >= 11 is 0. The molecule has 0 N–H and O–H groups in total. The molecule has 0 saturated carbocycles. The van der Waals surface area contributed by atoms with E-state index in [0.717, 1.165) is 72.2 Å². The molecule has 4 aromatic heterocycles. The van der Waals surface area contributed by atoms with Crippen LogP contribution in [0.25, 0.3) is 78.1 Å². The van der Waals surface area contributed by atoms with E-state index in [1.807, 2.05) is 62.5 Å². The lowest BCUT2D eigenvalue weighted by molar-refractivity contribution is 0.997. The van der Waals surface area contributed by atoms with Gasteiger partial charge in [-0.05, 0) is 48.0 Å². The van der Waals surface area contributed by atoms with Gasteiger partial charge in [0, 0.05) is 45.5 Å². The third kappa shape index (κ3) is 4.93. The number of benzene rings is 5. The molecule has 9 rings (SSSR count). The third-order valence-electron chi connectivity index (χ3n) is 8.62. The lowest BCUT2D eigenvalue weighted by Gasteiger charge is -2.12. The Labute approximate surface area is 279 Å². The molecule has 5 nitrogen and oxygen atoms in total. The van der Waals surface area contributed by atoms with Gasteiger partial charge in [0.1, 0.15) is 0 Å². The zero-order chi connectivity index (χ0) is 32.5. The summed E-state index contributed by atoms with van der Waals surface area (Å²) in [6.45, 7) is 4.00. The van der Waals surface area contributed by atoms with Crippen LogP contribution in [0, 0.1) is 0 Å². The first-order chi connectivity index (χ1) is 23.8. The van der Waals surface area contributed by atoms with Crippen LogP contribution in [0.15, 0.2) is 164 Å². The maximum Gasteiger partial charge on any atom is 0.235 e. The molecule has 0 aliphatic rings. The van der Waals surface area contributed by atoms with Crippen molar-refractivity contribution in [3.63, 3.8) is 0 Å². The third-order valence-corrected chi connectivity index (χ3v) is 8.62. The Morgan fingerprint density at radius 3 is 1.69 bits per heavy atom. The summed E-state index contributed by atoms with van der Waals surface area (Å²) in [6, 6.07) is 52.3. The molecular weight excluding hydrogens is 587 g/mol. The fraction of sp³-hybridized carbons (Fsp3) is 0.0465. The summed E-state index contributed by atoms with van der Waals surface area (Å²) in [7, 11) is 0. The smallest absolute Gasteiger partial charge is 0.235 e. The van der Waals surface area contributed by atoms with E-state index < -0.39 is 0 Å². The number of aromatic nitrogens is 5. The Balaban J connectivity index is 0.00000165. The van der Waals surface area contributed by atoms with Gasteiger partial charge in [0.15, 0.2) is 0 Å². The highest BCUT2D eigenvalue weighted by Crippen LogP contribution is 2.42. The number of nitrogens with zero attached hydrogens (tertiary/aromatic N) is 5. The lowest BCUT2D eigenvalue weighted by Crippen LogP contribution is -2.04. The molecule has 0 amide bonds. The zero-order valence-corrected chi connectivity index (χ0v) is 26.8. The van der Waals surface area contributed by atoms with Gasteiger partial charge in [0.05, 0.1) is 33.5 Å². The van der Waals surface area contributed by atoms with Crippen LogP contribution in [0.5, 0.6) is 0 Å². The fourth-order valence-corrected chi connectivity index (χ4v) is 6.53. The molecule has 0 aliphatic heterocycles. The molecule has 0 aliphatic carbocycles. The summed E-state index contributed by atoms with van der Waals surface area (Å²) in [4.78, 5) is 15.4. The maximum atomic E-state index is 5.26. The van der Waals surface area contributed by atoms with E-state index in [9.17, 15) is 0 Å². The summed E-state index contributed by atoms with van der Waals surface area (Å²) in [5.41, 5.74) is 11.2. The summed E-state index contributed by atoms with van der Waals surface area (Å²) < 4.78 is 4.49. The first-order valence-electron chi connectivity index (χ1n) is 16.4. The maximum absolute atomic E-state index is 5.26. The standard InChI is InChI=1S/C41H27N5.C2H6/c1-5-14-28(15-6-1)33-27-45(31-20-11-4-12-21-31)36-24-23-32-39-37(22-13-25-42-39)46(40(32)38(33)36)41-43-34(29-16-7-2-8-17-29)26-35(44-41)30-18-9-3-10-19-30;1-2/h1-27H;1-2H3. The molecule has 5 heteroatoms. The van der Waals surface area contributed by atoms with E-state index in [1.54, 1.807) is 0 Å². The van der Waals surface area contributed by atoms with Crippen molar-refractivity contribution in [2.45, 2.75) is 13.8 Å². The number of fused-ring (bicyclic) bond motifs is 5. The van der Waals surface area contributed by atoms with Crippen LogP contribution in [-0.4, -0.2) is 24.1 Å². The summed E-state index contributed by atoms with van der Waals surface area (Å²) in [5.74, 6) is 0.604. The van der Waals surface area contributed by atoms with Gasteiger partial charge in [0.25, 0.3) is 0 Å². The van der Waals surface area contributed by atoms with Crippen molar-refractivity contribution in [1.82, 2.24) is 24.1 Å². The normalized spacial score (nSPS) is 11.1. The molecule has 48 heavy (non-hydrogen) atoms. The average molecular weight is 620 g/mol. The Morgan fingerprint density at radius 2 is 1.08 bits per heavy atom. The molecule has 0 radical (unpaired) electrons. The van der Waals surface area contributed by atoms with Gasteiger partial charge in [-0.25, -0.2) is 9.97 Å². The molecule has 230 valence electrons. The summed E-state index contributed by atoms with van der Waals surface area (Å²) in [6.07, 6.45) is 4.11. The van der Waals surface area contributed by atoms with E-state index in [-0.39, 0.29) is 0 Å². The molecular formula is C43H33N5. The number of hydrogen-bond donors (Lipinski definition) is 0. The Kier molecular flexibility index (Phi) is 7.55. The lowest BCUT2D eigenvalue weighted by atomic mass is 10.0. The second-order valence-corrected chi connectivity index (χ2v) is 11.3. The minimum absolute atomic E-state index is 0.604. The number of hydrogen-bond acceptors (Lipinski definition) is 3. The average Bonchev–Trinajstić information content (AvgIpc) is 3.73. The Morgan fingerprint density at radius 1 is 0.521 bits per heavy atom. The first-order valence-corrected chi connectivity index (χ1v) is 16.4. The number of para-hydroxylation sites is 1. The highest BCUT2D eigenvalue weighted by Gasteiger charge is 2.23. The van der Waals surface area contributed by atoms with Gasteiger partial charge in [-0.3, -0.25) is 9.55 Å². The highest BCUT2D eigenvalue weighted by molar-refractivity contribution is 6.21. The highest BCUT2D eigenvalue weighted by atomic mass is 15.2. The van der Waals surface area contributed by atoms with Crippen molar-refractivity contribution in [3.05, 3.63) is 164 Å². The van der Waals surface area contributed by atoms with E-state index in [2.05, 4.69) is 125 Å². The Hall–Kier alpha value is -6.33. The van der Waals surface area contributed by atoms with E-state index in [4.69, 9.17) is 15.0 Å². The minimum Gasteiger partial charge on any atom is -0.316 e. The van der Waals surface area contributed by atoms with E-state index in [1.165, 1.54) is 0 Å². The molecule has 0 saturated heterocycles. The van der Waals surface area contributed by atoms with Crippen molar-refractivity contribution < 1.29 is 0 Å². The monoisotopic (exact) mass is 619 g/mol. The van der Waals surface area contributed by atoms with Gasteiger partial charge in [-0.2, -0.15) is 0 Å². The first kappa shape index (κ1) is 29.1. The largest absolute Gasteiger partial charge is 0.316 e. The van der Waals surface area contributed by atoms with Crippen molar-refractivity contribution in [2.75, 3.05) is 0 Å². The van der Waals surface area contributed by atoms with Crippen LogP contribution in [0.4, 0.5) is 0 Å². The molecule has 0 unspecified atom stereocenters. The van der Waals surface area contributed by atoms with Crippen LogP contribution >= 0.6 is 0 Å². The fourth-order valence-electron chi connectivity index (χ4n) is 6.53. The van der Waals surface area contributed by atoms with Crippen LogP contribution < -0.4 is 0 Å². The van der Waals surface area contributed by atoms with Crippen molar-refractivity contribution in [3.8, 4) is 45.3 Å².